The highest BCUT2D eigenvalue weighted by molar-refractivity contribution is 7.86. The third-order valence-electron chi connectivity index (χ3n) is 4.01. The number of benzene rings is 1. The van der Waals surface area contributed by atoms with E-state index >= 15 is 0 Å². The van der Waals surface area contributed by atoms with E-state index in [0.717, 1.165) is 0 Å². The number of carbonyl (C=O) groups is 3. The Morgan fingerprint density at radius 3 is 2.34 bits per heavy atom. The number of aliphatic hydroxyl groups is 1. The monoisotopic (exact) mass is 475 g/mol. The van der Waals surface area contributed by atoms with Crippen LogP contribution in [-0.4, -0.2) is 69.8 Å². The van der Waals surface area contributed by atoms with Crippen molar-refractivity contribution in [2.24, 2.45) is 5.41 Å². The van der Waals surface area contributed by atoms with Crippen LogP contribution in [-0.2, 0) is 33.4 Å². The van der Waals surface area contributed by atoms with Gasteiger partial charge in [0.15, 0.2) is 6.10 Å². The van der Waals surface area contributed by atoms with Gasteiger partial charge in [0, 0.05) is 18.9 Å². The summed E-state index contributed by atoms with van der Waals surface area (Å²) in [7, 11) is -3.91. The van der Waals surface area contributed by atoms with Crippen molar-refractivity contribution in [3.05, 3.63) is 30.3 Å². The smallest absolute Gasteiger partial charge is 0.460 e. The van der Waals surface area contributed by atoms with Crippen LogP contribution in [0.3, 0.4) is 0 Å². The SMILES string of the molecule is CC(=O)NCCCS(=O)(=O)OCC(C)(C)[C@@H](O)C(=O)OCCOC(=O)Oc1ccccc1. The molecule has 180 valence electrons. The van der Waals surface area contributed by atoms with E-state index in [1.807, 2.05) is 0 Å². The number of hydrogen-bond donors (Lipinski definition) is 2. The summed E-state index contributed by atoms with van der Waals surface area (Å²) in [5, 5.41) is 12.7. The van der Waals surface area contributed by atoms with Crippen LogP contribution >= 0.6 is 0 Å². The molecule has 0 aromatic heterocycles. The number of rotatable bonds is 13. The number of hydrogen-bond acceptors (Lipinski definition) is 10. The number of amides is 1. The van der Waals surface area contributed by atoms with Gasteiger partial charge in [0.1, 0.15) is 19.0 Å². The molecule has 1 rings (SSSR count). The predicted molar refractivity (Wildman–Crippen MR) is 112 cm³/mol. The van der Waals surface area contributed by atoms with E-state index in [1.165, 1.54) is 20.8 Å². The molecule has 0 fully saturated rings. The first-order valence-corrected chi connectivity index (χ1v) is 11.4. The van der Waals surface area contributed by atoms with Gasteiger partial charge in [0.05, 0.1) is 12.4 Å². The molecule has 0 radical (unpaired) electrons. The van der Waals surface area contributed by atoms with E-state index in [9.17, 15) is 27.9 Å². The number of aliphatic hydroxyl groups excluding tert-OH is 1. The lowest BCUT2D eigenvalue weighted by Gasteiger charge is -2.28. The van der Waals surface area contributed by atoms with Crippen molar-refractivity contribution < 1.29 is 46.3 Å². The fourth-order valence-electron chi connectivity index (χ4n) is 2.17. The molecule has 1 atom stereocenters. The molecule has 1 amide bonds. The summed E-state index contributed by atoms with van der Waals surface area (Å²) in [4.78, 5) is 34.3. The van der Waals surface area contributed by atoms with Crippen LogP contribution in [0.25, 0.3) is 0 Å². The molecule has 1 aromatic rings. The number of esters is 1. The normalized spacial score (nSPS) is 12.5. The second-order valence-corrected chi connectivity index (χ2v) is 9.19. The van der Waals surface area contributed by atoms with Gasteiger partial charge in [-0.25, -0.2) is 9.59 Å². The van der Waals surface area contributed by atoms with Crippen molar-refractivity contribution in [3.63, 3.8) is 0 Å². The summed E-state index contributed by atoms with van der Waals surface area (Å²) < 4.78 is 43.3. The summed E-state index contributed by atoms with van der Waals surface area (Å²) in [5.41, 5.74) is -1.28. The fourth-order valence-corrected chi connectivity index (χ4v) is 3.27. The highest BCUT2D eigenvalue weighted by atomic mass is 32.2. The second-order valence-electron chi connectivity index (χ2n) is 7.43. The molecule has 0 aliphatic carbocycles. The van der Waals surface area contributed by atoms with Gasteiger partial charge in [-0.2, -0.15) is 8.42 Å². The van der Waals surface area contributed by atoms with Crippen molar-refractivity contribution in [2.45, 2.75) is 33.3 Å². The average molecular weight is 476 g/mol. The minimum absolute atomic E-state index is 0.152. The zero-order valence-electron chi connectivity index (χ0n) is 18.2. The average Bonchev–Trinajstić information content (AvgIpc) is 2.73. The molecule has 0 saturated heterocycles. The Kier molecular flexibility index (Phi) is 11.1. The van der Waals surface area contributed by atoms with Gasteiger partial charge in [-0.15, -0.1) is 0 Å². The maximum Gasteiger partial charge on any atom is 0.513 e. The predicted octanol–water partition coefficient (Wildman–Crippen LogP) is 1.00. The number of carbonyl (C=O) groups excluding carboxylic acids is 3. The maximum absolute atomic E-state index is 12.0. The molecular formula is C20H29NO10S. The van der Waals surface area contributed by atoms with Crippen LogP contribution in [0.4, 0.5) is 4.79 Å². The van der Waals surface area contributed by atoms with Gasteiger partial charge in [0.25, 0.3) is 10.1 Å². The minimum Gasteiger partial charge on any atom is -0.460 e. The first-order chi connectivity index (χ1) is 14.9. The molecule has 2 N–H and O–H groups in total. The molecule has 0 aliphatic heterocycles. The van der Waals surface area contributed by atoms with Crippen LogP contribution in [0, 0.1) is 5.41 Å². The molecule has 0 unspecified atom stereocenters. The Balaban J connectivity index is 2.34. The van der Waals surface area contributed by atoms with Crippen molar-refractivity contribution in [2.75, 3.05) is 32.1 Å². The Morgan fingerprint density at radius 2 is 1.72 bits per heavy atom. The van der Waals surface area contributed by atoms with E-state index in [0.29, 0.717) is 0 Å². The zero-order valence-corrected chi connectivity index (χ0v) is 19.1. The maximum atomic E-state index is 12.0. The Labute approximate surface area is 187 Å². The highest BCUT2D eigenvalue weighted by Gasteiger charge is 2.36. The van der Waals surface area contributed by atoms with E-state index in [4.69, 9.17) is 18.4 Å². The summed E-state index contributed by atoms with van der Waals surface area (Å²) in [6.45, 7) is 3.25. The third-order valence-corrected chi connectivity index (χ3v) is 5.28. The lowest BCUT2D eigenvalue weighted by molar-refractivity contribution is -0.162. The van der Waals surface area contributed by atoms with Crippen LogP contribution in [0.1, 0.15) is 27.2 Å². The zero-order chi connectivity index (χ0) is 24.2. The molecule has 0 bridgehead atoms. The standard InChI is InChI=1S/C20H29NO10S/c1-15(22)21-10-7-13-32(26,27)30-14-20(2,3)17(23)18(24)28-11-12-29-19(25)31-16-8-5-4-6-9-16/h4-6,8-9,17,23H,7,10-14H2,1-3H3,(H,21,22)/t17-/m0/s1. The van der Waals surface area contributed by atoms with E-state index in [-0.39, 0.29) is 43.6 Å². The highest BCUT2D eigenvalue weighted by Crippen LogP contribution is 2.23. The second kappa shape index (κ2) is 13.0. The minimum atomic E-state index is -3.91. The van der Waals surface area contributed by atoms with Gasteiger partial charge in [-0.3, -0.25) is 8.98 Å². The first kappa shape index (κ1) is 27.3. The summed E-state index contributed by atoms with van der Waals surface area (Å²) in [6, 6.07) is 8.22. The molecule has 0 spiro atoms. The molecule has 0 aliphatic rings. The topological polar surface area (TPSA) is 155 Å². The lowest BCUT2D eigenvalue weighted by Crippen LogP contribution is -2.42. The van der Waals surface area contributed by atoms with Crippen molar-refractivity contribution in [1.82, 2.24) is 5.32 Å². The van der Waals surface area contributed by atoms with Crippen LogP contribution in [0.5, 0.6) is 5.75 Å². The lowest BCUT2D eigenvalue weighted by atomic mass is 9.88. The molecule has 12 heteroatoms. The van der Waals surface area contributed by atoms with Crippen LogP contribution in [0.15, 0.2) is 30.3 Å². The van der Waals surface area contributed by atoms with E-state index in [1.54, 1.807) is 30.3 Å². The molecule has 0 saturated carbocycles. The van der Waals surface area contributed by atoms with Crippen molar-refractivity contribution in [3.8, 4) is 5.75 Å². The first-order valence-electron chi connectivity index (χ1n) is 9.79. The van der Waals surface area contributed by atoms with Crippen LogP contribution < -0.4 is 10.1 Å². The summed E-state index contributed by atoms with van der Waals surface area (Å²) in [5.74, 6) is -1.34. The van der Waals surface area contributed by atoms with Crippen molar-refractivity contribution >= 4 is 28.1 Å². The van der Waals surface area contributed by atoms with Gasteiger partial charge in [0.2, 0.25) is 5.91 Å². The van der Waals surface area contributed by atoms with E-state index < -0.39 is 40.4 Å². The summed E-state index contributed by atoms with van der Waals surface area (Å²) >= 11 is 0. The molecule has 32 heavy (non-hydrogen) atoms. The third kappa shape index (κ3) is 11.1. The molecule has 1 aromatic carbocycles. The Morgan fingerprint density at radius 1 is 1.09 bits per heavy atom. The van der Waals surface area contributed by atoms with Gasteiger partial charge in [-0.05, 0) is 18.6 Å². The van der Waals surface area contributed by atoms with E-state index in [2.05, 4.69) is 5.32 Å². The van der Waals surface area contributed by atoms with Gasteiger partial charge in [-0.1, -0.05) is 32.0 Å². The number of ether oxygens (including phenoxy) is 3. The number of para-hydroxylation sites is 1. The van der Waals surface area contributed by atoms with Crippen LogP contribution in [0.2, 0.25) is 0 Å². The summed E-state index contributed by atoms with van der Waals surface area (Å²) in [6.07, 6.45) is -2.52. The number of nitrogens with one attached hydrogen (secondary N) is 1. The fraction of sp³-hybridized carbons (Fsp3) is 0.550. The Bertz CT molecular complexity index is 854. The molecule has 0 heterocycles. The van der Waals surface area contributed by atoms with Gasteiger partial charge < -0.3 is 24.6 Å². The van der Waals surface area contributed by atoms with Crippen molar-refractivity contribution in [1.29, 1.82) is 0 Å². The Hall–Kier alpha value is -2.70. The van der Waals surface area contributed by atoms with Gasteiger partial charge >= 0.3 is 12.1 Å². The quantitative estimate of drug-likeness (QED) is 0.183. The largest absolute Gasteiger partial charge is 0.513 e. The molecule has 11 nitrogen and oxygen atoms in total. The molecular weight excluding hydrogens is 446 g/mol.